The number of fused-ring (bicyclic) bond motifs is 2. The van der Waals surface area contributed by atoms with Gasteiger partial charge in [0.25, 0.3) is 5.91 Å². The molecule has 10 heteroatoms. The quantitative estimate of drug-likeness (QED) is 0.546. The molecule has 4 rings (SSSR count). The standard InChI is InChI=1S/C19H16N2O6S2/c22-16(23)2-1-3-21-18(25)15(29-19(21)28)8-11-6-10-7-13-14(27-5-4-26-13)9-12(10)20-17(11)24/h6-9,25H,1-5H2,(H,22,23)/b11-8+. The van der Waals surface area contributed by atoms with Gasteiger partial charge in [-0.25, -0.2) is 4.99 Å². The molecule has 29 heavy (non-hydrogen) atoms. The van der Waals surface area contributed by atoms with Gasteiger partial charge in [-0.3, -0.25) is 14.2 Å². The molecule has 0 saturated carbocycles. The number of nitrogens with zero attached hydrogens (tertiary/aromatic N) is 2. The first-order valence-corrected chi connectivity index (χ1v) is 10.1. The van der Waals surface area contributed by atoms with Gasteiger partial charge in [0.15, 0.2) is 15.5 Å². The van der Waals surface area contributed by atoms with Gasteiger partial charge in [-0.2, -0.15) is 0 Å². The van der Waals surface area contributed by atoms with Crippen LogP contribution >= 0.6 is 23.6 Å². The third-order valence-electron chi connectivity index (χ3n) is 4.42. The van der Waals surface area contributed by atoms with Gasteiger partial charge in [0, 0.05) is 29.8 Å². The summed E-state index contributed by atoms with van der Waals surface area (Å²) in [5.41, 5.74) is 0.304. The van der Waals surface area contributed by atoms with Gasteiger partial charge in [0.2, 0.25) is 5.88 Å². The van der Waals surface area contributed by atoms with Crippen molar-refractivity contribution in [2.24, 2.45) is 4.99 Å². The third kappa shape index (κ3) is 3.94. The van der Waals surface area contributed by atoms with Crippen molar-refractivity contribution in [3.8, 4) is 17.4 Å². The van der Waals surface area contributed by atoms with E-state index in [4.69, 9.17) is 26.8 Å². The highest BCUT2D eigenvalue weighted by molar-refractivity contribution is 7.73. The van der Waals surface area contributed by atoms with E-state index in [-0.39, 0.29) is 18.8 Å². The van der Waals surface area contributed by atoms with Crippen LogP contribution in [0.4, 0.5) is 0 Å². The van der Waals surface area contributed by atoms with Crippen LogP contribution in [-0.4, -0.2) is 39.9 Å². The maximum Gasteiger partial charge on any atom is 0.303 e. The van der Waals surface area contributed by atoms with E-state index in [2.05, 4.69) is 4.99 Å². The number of ether oxygens (including phenoxy) is 2. The van der Waals surface area contributed by atoms with E-state index in [0.29, 0.717) is 56.1 Å². The molecule has 0 bridgehead atoms. The number of aliphatic carboxylic acids is 1. The summed E-state index contributed by atoms with van der Waals surface area (Å²) in [6, 6.07) is 3.45. The second-order valence-corrected chi connectivity index (χ2v) is 8.10. The molecule has 3 heterocycles. The number of carbonyl (C=O) groups excluding carboxylic acids is 1. The Kier molecular flexibility index (Phi) is 5.20. The van der Waals surface area contributed by atoms with Crippen molar-refractivity contribution in [1.82, 2.24) is 4.57 Å². The van der Waals surface area contributed by atoms with Crippen molar-refractivity contribution >= 4 is 47.6 Å². The Morgan fingerprint density at radius 3 is 2.76 bits per heavy atom. The summed E-state index contributed by atoms with van der Waals surface area (Å²) >= 11 is 6.41. The summed E-state index contributed by atoms with van der Waals surface area (Å²) in [5.74, 6) is -0.287. The molecule has 2 aliphatic rings. The number of carboxylic acid groups (broad SMARTS) is 1. The van der Waals surface area contributed by atoms with E-state index < -0.39 is 11.9 Å². The van der Waals surface area contributed by atoms with Gasteiger partial charge in [-0.1, -0.05) is 0 Å². The number of carbonyl (C=O) groups is 2. The lowest BCUT2D eigenvalue weighted by molar-refractivity contribution is -0.137. The Hall–Kier alpha value is -2.98. The largest absolute Gasteiger partial charge is 0.493 e. The average molecular weight is 432 g/mol. The fourth-order valence-corrected chi connectivity index (χ4v) is 4.36. The second kappa shape index (κ2) is 7.80. The van der Waals surface area contributed by atoms with Gasteiger partial charge in [-0.15, -0.1) is 11.3 Å². The van der Waals surface area contributed by atoms with Crippen LogP contribution < -0.4 is 20.0 Å². The van der Waals surface area contributed by atoms with Crippen LogP contribution in [0.15, 0.2) is 22.7 Å². The van der Waals surface area contributed by atoms with E-state index in [1.807, 2.05) is 0 Å². The molecule has 8 nitrogen and oxygen atoms in total. The molecule has 1 aromatic carbocycles. The second-order valence-electron chi connectivity index (χ2n) is 6.42. The molecular weight excluding hydrogens is 416 g/mol. The van der Waals surface area contributed by atoms with Gasteiger partial charge in [-0.05, 0) is 36.9 Å². The number of hydrogen-bond acceptors (Lipinski definition) is 7. The van der Waals surface area contributed by atoms with Gasteiger partial charge in [0.1, 0.15) is 13.2 Å². The number of carboxylic acids is 1. The minimum Gasteiger partial charge on any atom is -0.493 e. The smallest absolute Gasteiger partial charge is 0.303 e. The predicted octanol–water partition coefficient (Wildman–Crippen LogP) is 1.64. The molecule has 0 atom stereocenters. The van der Waals surface area contributed by atoms with Gasteiger partial charge < -0.3 is 19.7 Å². The Labute approximate surface area is 173 Å². The van der Waals surface area contributed by atoms with Gasteiger partial charge >= 0.3 is 5.97 Å². The SMILES string of the molecule is O=C(O)CCCn1c(O)c(/C=C2\C=c3cc4c(cc3=NC2=O)OCCO4)sc1=S. The maximum absolute atomic E-state index is 12.5. The summed E-state index contributed by atoms with van der Waals surface area (Å²) in [7, 11) is 0. The normalized spacial score (nSPS) is 16.1. The number of hydrogen-bond donors (Lipinski definition) is 2. The number of amides is 1. The van der Waals surface area contributed by atoms with Crippen molar-refractivity contribution in [3.63, 3.8) is 0 Å². The molecule has 150 valence electrons. The van der Waals surface area contributed by atoms with Gasteiger partial charge in [0.05, 0.1) is 10.2 Å². The Balaban J connectivity index is 1.69. The molecule has 2 aromatic rings. The molecule has 1 amide bonds. The molecular formula is C19H16N2O6S2. The molecule has 0 fully saturated rings. The molecule has 0 unspecified atom stereocenters. The van der Waals surface area contributed by atoms with Crippen molar-refractivity contribution < 1.29 is 29.3 Å². The lowest BCUT2D eigenvalue weighted by Crippen LogP contribution is -2.32. The van der Waals surface area contributed by atoms with E-state index in [9.17, 15) is 14.7 Å². The highest BCUT2D eigenvalue weighted by Crippen LogP contribution is 2.30. The summed E-state index contributed by atoms with van der Waals surface area (Å²) in [6.07, 6.45) is 3.53. The molecule has 1 aromatic heterocycles. The molecule has 0 radical (unpaired) electrons. The summed E-state index contributed by atoms with van der Waals surface area (Å²) in [6.45, 7) is 1.18. The van der Waals surface area contributed by atoms with E-state index >= 15 is 0 Å². The van der Waals surface area contributed by atoms with E-state index in [1.54, 1.807) is 18.2 Å². The number of aromatic nitrogens is 1. The first-order valence-electron chi connectivity index (χ1n) is 8.83. The van der Waals surface area contributed by atoms with Crippen molar-refractivity contribution in [3.05, 3.63) is 37.1 Å². The Bertz CT molecular complexity index is 1220. The van der Waals surface area contributed by atoms with Crippen molar-refractivity contribution in [2.75, 3.05) is 13.2 Å². The number of thiazole rings is 1. The molecule has 2 N–H and O–H groups in total. The lowest BCUT2D eigenvalue weighted by atomic mass is 10.1. The maximum atomic E-state index is 12.5. The summed E-state index contributed by atoms with van der Waals surface area (Å²) < 4.78 is 13.0. The van der Waals surface area contributed by atoms with Crippen LogP contribution in [0.5, 0.6) is 17.4 Å². The van der Waals surface area contributed by atoms with Crippen LogP contribution in [0.1, 0.15) is 17.7 Å². The summed E-state index contributed by atoms with van der Waals surface area (Å²) in [4.78, 5) is 27.7. The minimum atomic E-state index is -0.909. The molecule has 0 aliphatic carbocycles. The number of rotatable bonds is 5. The first-order chi connectivity index (χ1) is 13.9. The van der Waals surface area contributed by atoms with Crippen LogP contribution in [-0.2, 0) is 16.1 Å². The highest BCUT2D eigenvalue weighted by Gasteiger charge is 2.18. The molecule has 0 saturated heterocycles. The van der Waals surface area contributed by atoms with Crippen LogP contribution in [0, 0.1) is 3.95 Å². The average Bonchev–Trinajstić information content (AvgIpc) is 2.94. The predicted molar refractivity (Wildman–Crippen MR) is 107 cm³/mol. The third-order valence-corrected chi connectivity index (χ3v) is 5.81. The fraction of sp³-hybridized carbons (Fsp3) is 0.263. The zero-order chi connectivity index (χ0) is 20.5. The minimum absolute atomic E-state index is 0.0223. The van der Waals surface area contributed by atoms with Crippen molar-refractivity contribution in [2.45, 2.75) is 19.4 Å². The topological polar surface area (TPSA) is 110 Å². The highest BCUT2D eigenvalue weighted by atomic mass is 32.1. The monoisotopic (exact) mass is 432 g/mol. The molecule has 2 aliphatic heterocycles. The molecule has 0 spiro atoms. The first kappa shape index (κ1) is 19.3. The lowest BCUT2D eigenvalue weighted by Gasteiger charge is -2.18. The fourth-order valence-electron chi connectivity index (χ4n) is 3.05. The number of aromatic hydroxyl groups is 1. The number of benzene rings is 1. The van der Waals surface area contributed by atoms with E-state index in [1.165, 1.54) is 10.6 Å². The van der Waals surface area contributed by atoms with Crippen LogP contribution in [0.2, 0.25) is 0 Å². The summed E-state index contributed by atoms with van der Waals surface area (Å²) in [5, 5.41) is 20.4. The zero-order valence-corrected chi connectivity index (χ0v) is 16.7. The van der Waals surface area contributed by atoms with Crippen molar-refractivity contribution in [1.29, 1.82) is 0 Å². The Morgan fingerprint density at radius 2 is 2.03 bits per heavy atom. The van der Waals surface area contributed by atoms with Crippen LogP contribution in [0.3, 0.4) is 0 Å². The van der Waals surface area contributed by atoms with E-state index in [0.717, 1.165) is 11.3 Å². The zero-order valence-electron chi connectivity index (χ0n) is 15.1. The Morgan fingerprint density at radius 1 is 1.31 bits per heavy atom. The van der Waals surface area contributed by atoms with Crippen LogP contribution in [0.25, 0.3) is 12.2 Å².